The number of hydrogen-bond donors (Lipinski definition) is 2. The number of anilines is 1. The van der Waals surface area contributed by atoms with Gasteiger partial charge < -0.3 is 16.0 Å². The molecule has 0 bridgehead atoms. The first-order chi connectivity index (χ1) is 9.56. The molecule has 0 aromatic carbocycles. The van der Waals surface area contributed by atoms with Gasteiger partial charge in [0.05, 0.1) is 15.4 Å². The minimum absolute atomic E-state index is 0.0386. The highest BCUT2D eigenvalue weighted by atomic mass is 32.1. The molecule has 2 rings (SSSR count). The van der Waals surface area contributed by atoms with E-state index in [0.29, 0.717) is 27.5 Å². The van der Waals surface area contributed by atoms with E-state index in [1.54, 1.807) is 6.92 Å². The molecule has 1 saturated heterocycles. The highest BCUT2D eigenvalue weighted by Gasteiger charge is 2.27. The fraction of sp³-hybridized carbons (Fsp3) is 0.571. The van der Waals surface area contributed by atoms with Gasteiger partial charge in [-0.15, -0.1) is 11.3 Å². The van der Waals surface area contributed by atoms with Crippen LogP contribution in [0.3, 0.4) is 0 Å². The lowest BCUT2D eigenvalue weighted by Gasteiger charge is -2.15. The number of nitrogens with one attached hydrogen (secondary N) is 1. The van der Waals surface area contributed by atoms with Crippen molar-refractivity contribution in [2.24, 2.45) is 0 Å². The molecule has 6 heteroatoms. The molecule has 1 aliphatic heterocycles. The van der Waals surface area contributed by atoms with Crippen LogP contribution in [0.1, 0.15) is 51.8 Å². The highest BCUT2D eigenvalue weighted by Crippen LogP contribution is 2.32. The number of nitrogens with two attached hydrogens (primary N) is 1. The average molecular weight is 295 g/mol. The first-order valence-corrected chi connectivity index (χ1v) is 7.84. The molecule has 3 N–H and O–H groups in total. The molecule has 20 heavy (non-hydrogen) atoms. The van der Waals surface area contributed by atoms with Crippen molar-refractivity contribution in [2.75, 3.05) is 25.4 Å². The lowest BCUT2D eigenvalue weighted by molar-refractivity contribution is 0.0793. The first kappa shape index (κ1) is 14.8. The van der Waals surface area contributed by atoms with Crippen molar-refractivity contribution in [2.45, 2.75) is 33.1 Å². The molecule has 1 aromatic rings. The topological polar surface area (TPSA) is 75.4 Å². The third-order valence-electron chi connectivity index (χ3n) is 3.52. The molecule has 1 aromatic heterocycles. The minimum Gasteiger partial charge on any atom is -0.390 e. The van der Waals surface area contributed by atoms with Gasteiger partial charge in [0.2, 0.25) is 0 Å². The number of nitrogens with zero attached hydrogens (tertiary/aromatic N) is 1. The summed E-state index contributed by atoms with van der Waals surface area (Å²) in [6.07, 6.45) is 2.96. The van der Waals surface area contributed by atoms with E-state index in [9.17, 15) is 9.59 Å². The molecule has 1 aliphatic rings. The highest BCUT2D eigenvalue weighted by molar-refractivity contribution is 7.18. The van der Waals surface area contributed by atoms with Crippen LogP contribution < -0.4 is 11.1 Å². The summed E-state index contributed by atoms with van der Waals surface area (Å²) in [6, 6.07) is 0. The van der Waals surface area contributed by atoms with Gasteiger partial charge in [0.1, 0.15) is 0 Å². The Morgan fingerprint density at radius 3 is 2.60 bits per heavy atom. The van der Waals surface area contributed by atoms with E-state index in [2.05, 4.69) is 5.32 Å². The number of amides is 2. The number of thiophene rings is 1. The van der Waals surface area contributed by atoms with E-state index in [4.69, 9.17) is 5.73 Å². The van der Waals surface area contributed by atoms with Crippen LogP contribution in [-0.4, -0.2) is 36.3 Å². The maximum Gasteiger partial charge on any atom is 0.261 e. The third kappa shape index (κ3) is 2.80. The molecule has 0 atom stereocenters. The predicted octanol–water partition coefficient (Wildman–Crippen LogP) is 2.01. The van der Waals surface area contributed by atoms with Crippen LogP contribution in [0.4, 0.5) is 5.00 Å². The Bertz CT molecular complexity index is 519. The van der Waals surface area contributed by atoms with Crippen molar-refractivity contribution in [3.8, 4) is 0 Å². The van der Waals surface area contributed by atoms with Gasteiger partial charge in [0.15, 0.2) is 0 Å². The van der Waals surface area contributed by atoms with Crippen LogP contribution in [0, 0.1) is 6.92 Å². The molecule has 0 radical (unpaired) electrons. The van der Waals surface area contributed by atoms with Crippen molar-refractivity contribution in [1.29, 1.82) is 0 Å². The third-order valence-corrected chi connectivity index (χ3v) is 4.64. The fourth-order valence-electron chi connectivity index (χ4n) is 2.42. The molecule has 1 fully saturated rings. The lowest BCUT2D eigenvalue weighted by atomic mass is 10.1. The second-order valence-corrected chi connectivity index (χ2v) is 6.10. The van der Waals surface area contributed by atoms with Gasteiger partial charge >= 0.3 is 0 Å². The van der Waals surface area contributed by atoms with E-state index in [1.165, 1.54) is 11.3 Å². The summed E-state index contributed by atoms with van der Waals surface area (Å²) in [5, 5.41) is 3.27. The fourth-order valence-corrected chi connectivity index (χ4v) is 3.40. The molecule has 2 amide bonds. The zero-order valence-electron chi connectivity index (χ0n) is 12.0. The first-order valence-electron chi connectivity index (χ1n) is 7.02. The van der Waals surface area contributed by atoms with Crippen LogP contribution in [0.15, 0.2) is 0 Å². The standard InChI is InChI=1S/C14H21N3O2S/c1-3-6-16-13(18)11-9(2)10(12(15)20-11)14(19)17-7-4-5-8-17/h3-8,15H2,1-2H3,(H,16,18). The summed E-state index contributed by atoms with van der Waals surface area (Å²) in [5.41, 5.74) is 7.19. The van der Waals surface area contributed by atoms with E-state index in [0.717, 1.165) is 32.4 Å². The van der Waals surface area contributed by atoms with Gasteiger partial charge in [-0.25, -0.2) is 0 Å². The van der Waals surface area contributed by atoms with Crippen molar-refractivity contribution < 1.29 is 9.59 Å². The molecule has 2 heterocycles. The molecular formula is C14H21N3O2S. The van der Waals surface area contributed by atoms with Crippen molar-refractivity contribution >= 4 is 28.2 Å². The zero-order chi connectivity index (χ0) is 14.7. The monoisotopic (exact) mass is 295 g/mol. The lowest BCUT2D eigenvalue weighted by Crippen LogP contribution is -2.29. The number of likely N-dealkylation sites (tertiary alicyclic amines) is 1. The Hall–Kier alpha value is -1.56. The molecule has 0 saturated carbocycles. The summed E-state index contributed by atoms with van der Waals surface area (Å²) >= 11 is 1.20. The second-order valence-electron chi connectivity index (χ2n) is 5.05. The summed E-state index contributed by atoms with van der Waals surface area (Å²) in [7, 11) is 0. The molecule has 0 spiro atoms. The van der Waals surface area contributed by atoms with Crippen LogP contribution in [0.25, 0.3) is 0 Å². The maximum absolute atomic E-state index is 12.5. The van der Waals surface area contributed by atoms with Gasteiger partial charge in [-0.3, -0.25) is 9.59 Å². The number of rotatable bonds is 4. The van der Waals surface area contributed by atoms with E-state index < -0.39 is 0 Å². The summed E-state index contributed by atoms with van der Waals surface area (Å²) < 4.78 is 0. The Balaban J connectivity index is 2.24. The quantitative estimate of drug-likeness (QED) is 0.892. The number of nitrogen functional groups attached to an aromatic ring is 1. The predicted molar refractivity (Wildman–Crippen MR) is 81.2 cm³/mol. The number of carbonyl (C=O) groups excluding carboxylic acids is 2. The van der Waals surface area contributed by atoms with Crippen molar-refractivity contribution in [3.05, 3.63) is 16.0 Å². The molecule has 0 unspecified atom stereocenters. The molecule has 5 nitrogen and oxygen atoms in total. The Morgan fingerprint density at radius 1 is 1.35 bits per heavy atom. The van der Waals surface area contributed by atoms with Crippen LogP contribution in [0.2, 0.25) is 0 Å². The zero-order valence-corrected chi connectivity index (χ0v) is 12.8. The molecule has 110 valence electrons. The number of carbonyl (C=O) groups is 2. The largest absolute Gasteiger partial charge is 0.390 e. The summed E-state index contributed by atoms with van der Waals surface area (Å²) in [6.45, 7) is 6.00. The SMILES string of the molecule is CCCNC(=O)c1sc(N)c(C(=O)N2CCCC2)c1C. The van der Waals surface area contributed by atoms with Crippen LogP contribution in [-0.2, 0) is 0 Å². The van der Waals surface area contributed by atoms with Gasteiger partial charge in [-0.2, -0.15) is 0 Å². The Morgan fingerprint density at radius 2 is 2.00 bits per heavy atom. The van der Waals surface area contributed by atoms with Crippen LogP contribution >= 0.6 is 11.3 Å². The average Bonchev–Trinajstić information content (AvgIpc) is 3.04. The smallest absolute Gasteiger partial charge is 0.261 e. The van der Waals surface area contributed by atoms with E-state index in [-0.39, 0.29) is 11.8 Å². The van der Waals surface area contributed by atoms with E-state index >= 15 is 0 Å². The second kappa shape index (κ2) is 6.26. The minimum atomic E-state index is -0.137. The Labute approximate surface area is 123 Å². The maximum atomic E-state index is 12.5. The Kier molecular flexibility index (Phi) is 4.65. The van der Waals surface area contributed by atoms with Crippen LogP contribution in [0.5, 0.6) is 0 Å². The van der Waals surface area contributed by atoms with Crippen molar-refractivity contribution in [3.63, 3.8) is 0 Å². The van der Waals surface area contributed by atoms with E-state index in [1.807, 2.05) is 11.8 Å². The number of hydrogen-bond acceptors (Lipinski definition) is 4. The van der Waals surface area contributed by atoms with Gasteiger partial charge in [0.25, 0.3) is 11.8 Å². The summed E-state index contributed by atoms with van der Waals surface area (Å²) in [5.74, 6) is -0.176. The molecular weight excluding hydrogens is 274 g/mol. The van der Waals surface area contributed by atoms with Gasteiger partial charge in [-0.05, 0) is 31.7 Å². The van der Waals surface area contributed by atoms with Crippen molar-refractivity contribution in [1.82, 2.24) is 10.2 Å². The summed E-state index contributed by atoms with van der Waals surface area (Å²) in [4.78, 5) is 26.9. The molecule has 0 aliphatic carbocycles. The van der Waals surface area contributed by atoms with Gasteiger partial charge in [0, 0.05) is 19.6 Å². The van der Waals surface area contributed by atoms with Gasteiger partial charge in [-0.1, -0.05) is 6.92 Å². The normalized spacial score (nSPS) is 14.6.